The Balaban J connectivity index is 2.35. The van der Waals surface area contributed by atoms with E-state index in [0.717, 1.165) is 15.6 Å². The molecule has 0 saturated carbocycles. The first kappa shape index (κ1) is 15.6. The van der Waals surface area contributed by atoms with E-state index in [2.05, 4.69) is 31.9 Å². The maximum absolute atomic E-state index is 14.0. The van der Waals surface area contributed by atoms with Crippen LogP contribution in [0.5, 0.6) is 0 Å². The molecule has 2 rings (SSSR count). The van der Waals surface area contributed by atoms with E-state index in [-0.39, 0.29) is 16.5 Å². The third-order valence-electron chi connectivity index (χ3n) is 3.20. The molecule has 1 atom stereocenters. The Morgan fingerprint density at radius 2 is 1.85 bits per heavy atom. The highest BCUT2D eigenvalue weighted by Gasteiger charge is 2.18. The van der Waals surface area contributed by atoms with Crippen LogP contribution in [0.4, 0.5) is 8.78 Å². The van der Waals surface area contributed by atoms with Gasteiger partial charge in [0.25, 0.3) is 0 Å². The molecule has 1 unspecified atom stereocenters. The number of hydrogen-bond donors (Lipinski definition) is 1. The lowest BCUT2D eigenvalue weighted by molar-refractivity contribution is 0.535. The van der Waals surface area contributed by atoms with Crippen LogP contribution in [0.1, 0.15) is 22.7 Å². The van der Waals surface area contributed by atoms with Gasteiger partial charge in [0.15, 0.2) is 0 Å². The van der Waals surface area contributed by atoms with E-state index in [1.54, 1.807) is 0 Å². The molecule has 0 aromatic heterocycles. The average Bonchev–Trinajstić information content (AvgIpc) is 2.41. The highest BCUT2D eigenvalue weighted by atomic mass is 79.9. The molecule has 20 heavy (non-hydrogen) atoms. The average molecular weight is 405 g/mol. The number of benzene rings is 2. The zero-order chi connectivity index (χ0) is 14.9. The van der Waals surface area contributed by atoms with Gasteiger partial charge in [0, 0.05) is 16.1 Å². The van der Waals surface area contributed by atoms with Crippen LogP contribution in [-0.4, -0.2) is 0 Å². The molecule has 0 radical (unpaired) electrons. The fourth-order valence-corrected chi connectivity index (χ4v) is 2.85. The fraction of sp³-hybridized carbons (Fsp3) is 0.200. The smallest absolute Gasteiger partial charge is 0.143 e. The summed E-state index contributed by atoms with van der Waals surface area (Å²) in [4.78, 5) is 0. The second kappa shape index (κ2) is 6.33. The maximum Gasteiger partial charge on any atom is 0.143 e. The van der Waals surface area contributed by atoms with E-state index >= 15 is 0 Å². The molecular weight excluding hydrogens is 392 g/mol. The molecule has 0 amide bonds. The van der Waals surface area contributed by atoms with Crippen molar-refractivity contribution in [3.63, 3.8) is 0 Å². The summed E-state index contributed by atoms with van der Waals surface area (Å²) in [5.74, 6) is -1.16. The third kappa shape index (κ3) is 3.27. The zero-order valence-electron chi connectivity index (χ0n) is 10.8. The third-order valence-corrected chi connectivity index (χ3v) is 4.31. The Hall–Kier alpha value is -0.780. The van der Waals surface area contributed by atoms with Crippen molar-refractivity contribution in [2.45, 2.75) is 19.4 Å². The van der Waals surface area contributed by atoms with Crippen LogP contribution < -0.4 is 5.73 Å². The normalized spacial score (nSPS) is 12.5. The summed E-state index contributed by atoms with van der Waals surface area (Å²) in [5.41, 5.74) is 7.99. The van der Waals surface area contributed by atoms with Gasteiger partial charge in [0.05, 0.1) is 4.47 Å². The molecule has 5 heteroatoms. The molecule has 0 saturated heterocycles. The summed E-state index contributed by atoms with van der Waals surface area (Å²) < 4.78 is 28.9. The summed E-state index contributed by atoms with van der Waals surface area (Å²) in [7, 11) is 0. The molecule has 1 nitrogen and oxygen atoms in total. The van der Waals surface area contributed by atoms with Gasteiger partial charge in [0.1, 0.15) is 11.6 Å². The molecule has 0 aliphatic carbocycles. The lowest BCUT2D eigenvalue weighted by Crippen LogP contribution is -2.16. The van der Waals surface area contributed by atoms with Gasteiger partial charge in [0.2, 0.25) is 0 Å². The van der Waals surface area contributed by atoms with Crippen LogP contribution in [0, 0.1) is 18.6 Å². The Bertz CT molecular complexity index is 644. The van der Waals surface area contributed by atoms with Gasteiger partial charge in [-0.15, -0.1) is 0 Å². The maximum atomic E-state index is 14.0. The minimum atomic E-state index is -0.590. The second-order valence-electron chi connectivity index (χ2n) is 4.63. The Labute approximate surface area is 133 Å². The van der Waals surface area contributed by atoms with Crippen LogP contribution in [-0.2, 0) is 6.42 Å². The standard InChI is InChI=1S/C15H13Br2F2N/c1-8-2-3-9(16)6-10(8)14(20)7-11-13(18)5-4-12(17)15(11)19/h2-6,14H,7,20H2,1H3. The van der Waals surface area contributed by atoms with Crippen molar-refractivity contribution in [1.29, 1.82) is 0 Å². The van der Waals surface area contributed by atoms with Crippen LogP contribution >= 0.6 is 31.9 Å². The molecule has 0 aliphatic rings. The predicted octanol–water partition coefficient (Wildman–Crippen LogP) is 5.04. The largest absolute Gasteiger partial charge is 0.324 e. The first-order chi connectivity index (χ1) is 9.40. The Morgan fingerprint density at radius 3 is 2.55 bits per heavy atom. The summed E-state index contributed by atoms with van der Waals surface area (Å²) in [6.07, 6.45) is 0.106. The van der Waals surface area contributed by atoms with Crippen LogP contribution in [0.2, 0.25) is 0 Å². The quantitative estimate of drug-likeness (QED) is 0.712. The molecular formula is C15H13Br2F2N. The van der Waals surface area contributed by atoms with E-state index in [4.69, 9.17) is 5.73 Å². The topological polar surface area (TPSA) is 26.0 Å². The first-order valence-corrected chi connectivity index (χ1v) is 7.62. The van der Waals surface area contributed by atoms with E-state index in [0.29, 0.717) is 0 Å². The van der Waals surface area contributed by atoms with Crippen LogP contribution in [0.3, 0.4) is 0 Å². The van der Waals surface area contributed by atoms with E-state index in [1.807, 2.05) is 25.1 Å². The van der Waals surface area contributed by atoms with Crippen molar-refractivity contribution in [3.05, 3.63) is 67.6 Å². The first-order valence-electron chi connectivity index (χ1n) is 6.04. The lowest BCUT2D eigenvalue weighted by Gasteiger charge is -2.16. The van der Waals surface area contributed by atoms with Crippen molar-refractivity contribution >= 4 is 31.9 Å². The number of hydrogen-bond acceptors (Lipinski definition) is 1. The highest BCUT2D eigenvalue weighted by Crippen LogP contribution is 2.28. The van der Waals surface area contributed by atoms with Gasteiger partial charge in [-0.3, -0.25) is 0 Å². The summed E-state index contributed by atoms with van der Waals surface area (Å²) in [6.45, 7) is 1.93. The van der Waals surface area contributed by atoms with Crippen LogP contribution in [0.25, 0.3) is 0 Å². The minimum absolute atomic E-state index is 0.00579. The molecule has 0 heterocycles. The lowest BCUT2D eigenvalue weighted by atomic mass is 9.95. The minimum Gasteiger partial charge on any atom is -0.324 e. The van der Waals surface area contributed by atoms with Gasteiger partial charge >= 0.3 is 0 Å². The van der Waals surface area contributed by atoms with Crippen molar-refractivity contribution in [3.8, 4) is 0 Å². The fourth-order valence-electron chi connectivity index (χ4n) is 2.10. The van der Waals surface area contributed by atoms with Crippen molar-refractivity contribution in [2.75, 3.05) is 0 Å². The van der Waals surface area contributed by atoms with Gasteiger partial charge in [-0.2, -0.15) is 0 Å². The molecule has 106 valence electrons. The number of aryl methyl sites for hydroxylation is 1. The van der Waals surface area contributed by atoms with Crippen LogP contribution in [0.15, 0.2) is 39.3 Å². The van der Waals surface area contributed by atoms with E-state index in [1.165, 1.54) is 12.1 Å². The molecule has 0 aliphatic heterocycles. The predicted molar refractivity (Wildman–Crippen MR) is 83.6 cm³/mol. The molecule has 2 aromatic carbocycles. The molecule has 2 aromatic rings. The Morgan fingerprint density at radius 1 is 1.15 bits per heavy atom. The number of halogens is 4. The van der Waals surface area contributed by atoms with Gasteiger partial charge in [-0.25, -0.2) is 8.78 Å². The zero-order valence-corrected chi connectivity index (χ0v) is 13.9. The monoisotopic (exact) mass is 403 g/mol. The highest BCUT2D eigenvalue weighted by molar-refractivity contribution is 9.10. The molecule has 0 spiro atoms. The van der Waals surface area contributed by atoms with Crippen molar-refractivity contribution in [1.82, 2.24) is 0 Å². The van der Waals surface area contributed by atoms with Gasteiger partial charge < -0.3 is 5.73 Å². The van der Waals surface area contributed by atoms with E-state index < -0.39 is 17.7 Å². The summed E-state index contributed by atoms with van der Waals surface area (Å²) in [5, 5.41) is 0. The molecule has 0 bridgehead atoms. The van der Waals surface area contributed by atoms with E-state index in [9.17, 15) is 8.78 Å². The number of nitrogens with two attached hydrogens (primary N) is 1. The van der Waals surface area contributed by atoms with Crippen molar-refractivity contribution < 1.29 is 8.78 Å². The summed E-state index contributed by atoms with van der Waals surface area (Å²) in [6, 6.07) is 7.84. The Kier molecular flexibility index (Phi) is 4.94. The molecule has 0 fully saturated rings. The summed E-state index contributed by atoms with van der Waals surface area (Å²) >= 11 is 6.44. The van der Waals surface area contributed by atoms with Gasteiger partial charge in [-0.1, -0.05) is 22.0 Å². The number of rotatable bonds is 3. The van der Waals surface area contributed by atoms with Gasteiger partial charge in [-0.05, 0) is 64.7 Å². The molecule has 2 N–H and O–H groups in total. The van der Waals surface area contributed by atoms with Crippen molar-refractivity contribution in [2.24, 2.45) is 5.73 Å². The second-order valence-corrected chi connectivity index (χ2v) is 6.40. The SMILES string of the molecule is Cc1ccc(Br)cc1C(N)Cc1c(F)ccc(Br)c1F.